The first kappa shape index (κ1) is 12.3. The van der Waals surface area contributed by atoms with Gasteiger partial charge < -0.3 is 0 Å². The van der Waals surface area contributed by atoms with Gasteiger partial charge in [-0.2, -0.15) is 0 Å². The van der Waals surface area contributed by atoms with Crippen molar-refractivity contribution in [3.05, 3.63) is 57.8 Å². The minimum Gasteiger partial charge on any atom is -0.271 e. The molecule has 1 aromatic heterocycles. The van der Waals surface area contributed by atoms with Crippen LogP contribution in [0.25, 0.3) is 0 Å². The van der Waals surface area contributed by atoms with E-state index in [2.05, 4.69) is 48.1 Å². The third-order valence-corrected chi connectivity index (χ3v) is 3.90. The highest BCUT2D eigenvalue weighted by molar-refractivity contribution is 7.10. The lowest BCUT2D eigenvalue weighted by molar-refractivity contribution is 0.516. The second-order valence-electron chi connectivity index (χ2n) is 4.18. The first-order valence-corrected chi connectivity index (χ1v) is 6.73. The van der Waals surface area contributed by atoms with E-state index in [1.807, 2.05) is 6.07 Å². The van der Waals surface area contributed by atoms with Crippen LogP contribution < -0.4 is 11.3 Å². The number of hydrazine groups is 1. The van der Waals surface area contributed by atoms with Crippen LogP contribution in [0.5, 0.6) is 0 Å². The summed E-state index contributed by atoms with van der Waals surface area (Å²) in [6.07, 6.45) is 2.07. The molecule has 0 amide bonds. The minimum absolute atomic E-state index is 0.251. The van der Waals surface area contributed by atoms with E-state index in [1.165, 1.54) is 16.0 Å². The second kappa shape index (κ2) is 5.96. The normalized spacial score (nSPS) is 12.6. The number of hydrogen-bond donors (Lipinski definition) is 2. The first-order chi connectivity index (χ1) is 8.31. The van der Waals surface area contributed by atoms with E-state index in [4.69, 9.17) is 5.84 Å². The Balaban J connectivity index is 2.00. The number of nitrogens with one attached hydrogen (secondary N) is 1. The fraction of sp³-hybridized carbons (Fsp3) is 0.286. The Morgan fingerprint density at radius 2 is 2.00 bits per heavy atom. The van der Waals surface area contributed by atoms with Crippen LogP contribution in [0.4, 0.5) is 0 Å². The van der Waals surface area contributed by atoms with E-state index in [0.29, 0.717) is 0 Å². The Bertz CT molecular complexity index is 450. The molecule has 2 rings (SSSR count). The fourth-order valence-corrected chi connectivity index (χ4v) is 2.81. The molecule has 17 heavy (non-hydrogen) atoms. The van der Waals surface area contributed by atoms with E-state index in [9.17, 15) is 0 Å². The summed E-state index contributed by atoms with van der Waals surface area (Å²) in [5.74, 6) is 5.65. The van der Waals surface area contributed by atoms with Gasteiger partial charge in [-0.3, -0.25) is 11.3 Å². The van der Waals surface area contributed by atoms with Gasteiger partial charge in [-0.1, -0.05) is 30.3 Å². The molecule has 0 bridgehead atoms. The summed E-state index contributed by atoms with van der Waals surface area (Å²) in [6.45, 7) is 2.15. The number of nitrogens with two attached hydrogens (primary N) is 1. The van der Waals surface area contributed by atoms with Gasteiger partial charge in [0.1, 0.15) is 0 Å². The van der Waals surface area contributed by atoms with Gasteiger partial charge in [0, 0.05) is 10.9 Å². The quantitative estimate of drug-likeness (QED) is 0.628. The average molecular weight is 246 g/mol. The molecule has 0 aliphatic carbocycles. The molecular weight excluding hydrogens is 228 g/mol. The number of aryl methyl sites for hydroxylation is 2. The molecule has 0 radical (unpaired) electrons. The smallest absolute Gasteiger partial charge is 0.0474 e. The summed E-state index contributed by atoms with van der Waals surface area (Å²) in [5.41, 5.74) is 5.61. The van der Waals surface area contributed by atoms with Gasteiger partial charge in [0.05, 0.1) is 0 Å². The topological polar surface area (TPSA) is 38.0 Å². The molecule has 1 aromatic carbocycles. The zero-order valence-electron chi connectivity index (χ0n) is 10.0. The fourth-order valence-electron chi connectivity index (χ4n) is 2.04. The van der Waals surface area contributed by atoms with Gasteiger partial charge in [-0.15, -0.1) is 11.3 Å². The predicted octanol–water partition coefficient (Wildman–Crippen LogP) is 3.19. The Kier molecular flexibility index (Phi) is 4.31. The highest BCUT2D eigenvalue weighted by Crippen LogP contribution is 2.25. The molecule has 3 heteroatoms. The summed E-state index contributed by atoms with van der Waals surface area (Å²) < 4.78 is 0. The first-order valence-electron chi connectivity index (χ1n) is 5.85. The van der Waals surface area contributed by atoms with Crippen molar-refractivity contribution in [2.24, 2.45) is 5.84 Å². The molecular formula is C14H18N2S. The highest BCUT2D eigenvalue weighted by Gasteiger charge is 2.12. The van der Waals surface area contributed by atoms with Gasteiger partial charge >= 0.3 is 0 Å². The lowest BCUT2D eigenvalue weighted by Crippen LogP contribution is -2.28. The van der Waals surface area contributed by atoms with Crippen molar-refractivity contribution >= 4 is 11.3 Å². The molecule has 2 nitrogen and oxygen atoms in total. The molecule has 0 aliphatic rings. The molecule has 1 unspecified atom stereocenters. The van der Waals surface area contributed by atoms with Gasteiger partial charge in [0.2, 0.25) is 0 Å². The lowest BCUT2D eigenvalue weighted by Gasteiger charge is -2.15. The van der Waals surface area contributed by atoms with Crippen molar-refractivity contribution in [1.29, 1.82) is 0 Å². The van der Waals surface area contributed by atoms with E-state index >= 15 is 0 Å². The maximum atomic E-state index is 5.65. The summed E-state index contributed by atoms with van der Waals surface area (Å²) >= 11 is 1.77. The van der Waals surface area contributed by atoms with Crippen molar-refractivity contribution in [2.45, 2.75) is 25.8 Å². The number of thiophene rings is 1. The molecule has 0 fully saturated rings. The monoisotopic (exact) mass is 246 g/mol. The third-order valence-electron chi connectivity index (χ3n) is 3.04. The summed E-state index contributed by atoms with van der Waals surface area (Å²) in [4.78, 5) is 1.35. The number of hydrogen-bond acceptors (Lipinski definition) is 3. The second-order valence-corrected chi connectivity index (χ2v) is 5.30. The molecule has 0 saturated heterocycles. The predicted molar refractivity (Wildman–Crippen MR) is 73.9 cm³/mol. The molecule has 90 valence electrons. The third kappa shape index (κ3) is 3.16. The van der Waals surface area contributed by atoms with Crippen molar-refractivity contribution in [3.8, 4) is 0 Å². The Morgan fingerprint density at radius 3 is 2.59 bits per heavy atom. The lowest BCUT2D eigenvalue weighted by atomic mass is 10.0. The summed E-state index contributed by atoms with van der Waals surface area (Å²) in [7, 11) is 0. The maximum absolute atomic E-state index is 5.65. The molecule has 0 spiro atoms. The molecule has 2 aromatic rings. The van der Waals surface area contributed by atoms with Crippen molar-refractivity contribution in [2.75, 3.05) is 0 Å². The summed E-state index contributed by atoms with van der Waals surface area (Å²) in [6, 6.07) is 12.9. The van der Waals surface area contributed by atoms with Crippen LogP contribution in [0.15, 0.2) is 41.8 Å². The Morgan fingerprint density at radius 1 is 1.24 bits per heavy atom. The van der Waals surface area contributed by atoms with Crippen molar-refractivity contribution in [3.63, 3.8) is 0 Å². The average Bonchev–Trinajstić information content (AvgIpc) is 2.78. The zero-order valence-corrected chi connectivity index (χ0v) is 10.8. The Labute approximate surface area is 106 Å². The molecule has 3 N–H and O–H groups in total. The molecule has 0 aliphatic heterocycles. The molecule has 1 heterocycles. The van der Waals surface area contributed by atoms with E-state index in [1.54, 1.807) is 11.3 Å². The van der Waals surface area contributed by atoms with Gasteiger partial charge in [-0.05, 0) is 42.3 Å². The van der Waals surface area contributed by atoms with Crippen LogP contribution in [0.3, 0.4) is 0 Å². The number of benzene rings is 1. The molecule has 1 atom stereocenters. The van der Waals surface area contributed by atoms with E-state index in [0.717, 1.165) is 12.8 Å². The van der Waals surface area contributed by atoms with Gasteiger partial charge in [0.15, 0.2) is 0 Å². The van der Waals surface area contributed by atoms with Gasteiger partial charge in [-0.25, -0.2) is 0 Å². The SMILES string of the molecule is Cc1sccc1C(CCc1ccccc1)NN. The summed E-state index contributed by atoms with van der Waals surface area (Å²) in [5, 5.41) is 2.12. The van der Waals surface area contributed by atoms with Crippen LogP contribution in [0, 0.1) is 6.92 Å². The van der Waals surface area contributed by atoms with Crippen LogP contribution in [0.2, 0.25) is 0 Å². The van der Waals surface area contributed by atoms with E-state index < -0.39 is 0 Å². The highest BCUT2D eigenvalue weighted by atomic mass is 32.1. The van der Waals surface area contributed by atoms with Crippen molar-refractivity contribution in [1.82, 2.24) is 5.43 Å². The maximum Gasteiger partial charge on any atom is 0.0474 e. The standard InChI is InChI=1S/C14H18N2S/c1-11-13(9-10-17-11)14(16-15)8-7-12-5-3-2-4-6-12/h2-6,9-10,14,16H,7-8,15H2,1H3. The largest absolute Gasteiger partial charge is 0.271 e. The molecule has 0 saturated carbocycles. The van der Waals surface area contributed by atoms with Crippen LogP contribution in [-0.2, 0) is 6.42 Å². The van der Waals surface area contributed by atoms with Crippen LogP contribution in [0.1, 0.15) is 28.5 Å². The Hall–Kier alpha value is -1.16. The zero-order chi connectivity index (χ0) is 12.1. The van der Waals surface area contributed by atoms with Crippen LogP contribution in [-0.4, -0.2) is 0 Å². The number of rotatable bonds is 5. The van der Waals surface area contributed by atoms with Gasteiger partial charge in [0.25, 0.3) is 0 Å². The van der Waals surface area contributed by atoms with E-state index in [-0.39, 0.29) is 6.04 Å². The van der Waals surface area contributed by atoms with Crippen molar-refractivity contribution < 1.29 is 0 Å². The van der Waals surface area contributed by atoms with Crippen LogP contribution >= 0.6 is 11.3 Å². The minimum atomic E-state index is 0.251.